The second-order valence-corrected chi connectivity index (χ2v) is 20.1. The van der Waals surface area contributed by atoms with E-state index in [1.807, 2.05) is 6.08 Å². The van der Waals surface area contributed by atoms with Crippen LogP contribution in [0.15, 0.2) is 12.2 Å². The van der Waals surface area contributed by atoms with Crippen LogP contribution < -0.4 is 5.32 Å². The van der Waals surface area contributed by atoms with E-state index in [-0.39, 0.29) is 18.9 Å². The standard InChI is InChI=1S/C52H97NO18/c1-3-5-7-9-11-13-14-15-16-17-18-19-20-21-22-23-25-27-29-36(57)35(53-40(58)30-28-26-24-12-10-8-6-4-2)34-66-50-46(64)43(61)48(38(32-55)68-50)71-52-47(65)44(62)49(39(33-56)69-52)70-51-45(63)42(60)41(59)37(31-54)67-51/h27,29,35-39,41-52,54-57,59-65H,3-26,28,30-34H2,1-2H3,(H,53,58)/b29-27+. The summed E-state index contributed by atoms with van der Waals surface area (Å²) in [6.07, 6.45) is 6.57. The quantitative estimate of drug-likeness (QED) is 0.0311. The minimum atomic E-state index is -1.97. The number of rotatable bonds is 39. The predicted molar refractivity (Wildman–Crippen MR) is 263 cm³/mol. The van der Waals surface area contributed by atoms with Gasteiger partial charge in [-0.25, -0.2) is 0 Å². The van der Waals surface area contributed by atoms with E-state index in [2.05, 4.69) is 19.2 Å². The van der Waals surface area contributed by atoms with Crippen LogP contribution in [0.25, 0.3) is 0 Å². The number of amides is 1. The van der Waals surface area contributed by atoms with Gasteiger partial charge in [0.2, 0.25) is 5.91 Å². The highest BCUT2D eigenvalue weighted by Gasteiger charge is 2.53. The predicted octanol–water partition coefficient (Wildman–Crippen LogP) is 3.04. The number of allylic oxidation sites excluding steroid dienone is 1. The molecule has 17 atom stereocenters. The molecule has 0 bridgehead atoms. The average molecular weight is 1020 g/mol. The van der Waals surface area contributed by atoms with Gasteiger partial charge in [-0.05, 0) is 19.3 Å². The second-order valence-electron chi connectivity index (χ2n) is 20.1. The highest BCUT2D eigenvalue weighted by molar-refractivity contribution is 5.76. The Bertz CT molecular complexity index is 1360. The van der Waals surface area contributed by atoms with Crippen molar-refractivity contribution >= 4 is 5.91 Å². The summed E-state index contributed by atoms with van der Waals surface area (Å²) in [6, 6.07) is -0.964. The number of hydrogen-bond donors (Lipinski definition) is 12. The molecule has 12 N–H and O–H groups in total. The fourth-order valence-electron chi connectivity index (χ4n) is 9.48. The van der Waals surface area contributed by atoms with E-state index in [4.69, 9.17) is 28.4 Å². The second kappa shape index (κ2) is 37.3. The summed E-state index contributed by atoms with van der Waals surface area (Å²) >= 11 is 0. The van der Waals surface area contributed by atoms with Gasteiger partial charge in [0, 0.05) is 6.42 Å². The third-order valence-corrected chi connectivity index (χ3v) is 14.1. The smallest absolute Gasteiger partial charge is 0.220 e. The third-order valence-electron chi connectivity index (χ3n) is 14.1. The van der Waals surface area contributed by atoms with E-state index in [1.54, 1.807) is 6.08 Å². The molecule has 3 heterocycles. The average Bonchev–Trinajstić information content (AvgIpc) is 3.36. The van der Waals surface area contributed by atoms with Gasteiger partial charge in [-0.2, -0.15) is 0 Å². The monoisotopic (exact) mass is 1020 g/mol. The first-order valence-corrected chi connectivity index (χ1v) is 27.4. The summed E-state index contributed by atoms with van der Waals surface area (Å²) in [4.78, 5) is 13.2. The van der Waals surface area contributed by atoms with Crippen LogP contribution in [-0.2, 0) is 33.2 Å². The summed E-state index contributed by atoms with van der Waals surface area (Å²) in [5.74, 6) is -0.281. The van der Waals surface area contributed by atoms with Gasteiger partial charge in [0.15, 0.2) is 18.9 Å². The van der Waals surface area contributed by atoms with Gasteiger partial charge >= 0.3 is 0 Å². The van der Waals surface area contributed by atoms with Crippen molar-refractivity contribution in [3.8, 4) is 0 Å². The Kier molecular flexibility index (Phi) is 33.5. The molecule has 0 spiro atoms. The van der Waals surface area contributed by atoms with Crippen molar-refractivity contribution < 1.29 is 89.4 Å². The zero-order valence-electron chi connectivity index (χ0n) is 43.0. The summed E-state index contributed by atoms with van der Waals surface area (Å²) < 4.78 is 34.1. The lowest BCUT2D eigenvalue weighted by Gasteiger charge is -2.48. The van der Waals surface area contributed by atoms with Gasteiger partial charge in [0.05, 0.1) is 38.6 Å². The lowest BCUT2D eigenvalue weighted by Crippen LogP contribution is -2.66. The van der Waals surface area contributed by atoms with E-state index in [0.717, 1.165) is 44.9 Å². The molecular formula is C52H97NO18. The van der Waals surface area contributed by atoms with E-state index in [0.29, 0.717) is 6.42 Å². The van der Waals surface area contributed by atoms with Crippen molar-refractivity contribution in [3.05, 3.63) is 12.2 Å². The third kappa shape index (κ3) is 22.7. The molecule has 3 rings (SSSR count). The molecule has 0 aromatic heterocycles. The van der Waals surface area contributed by atoms with Crippen molar-refractivity contribution in [1.29, 1.82) is 0 Å². The lowest BCUT2D eigenvalue weighted by atomic mass is 9.96. The van der Waals surface area contributed by atoms with Crippen LogP contribution in [0.1, 0.15) is 181 Å². The van der Waals surface area contributed by atoms with E-state index >= 15 is 0 Å². The molecule has 0 radical (unpaired) electrons. The number of hydrogen-bond acceptors (Lipinski definition) is 18. The van der Waals surface area contributed by atoms with Gasteiger partial charge in [-0.1, -0.05) is 167 Å². The van der Waals surface area contributed by atoms with Gasteiger partial charge in [0.1, 0.15) is 73.2 Å². The maximum atomic E-state index is 13.2. The van der Waals surface area contributed by atoms with Crippen molar-refractivity contribution in [2.75, 3.05) is 26.4 Å². The molecular weight excluding hydrogens is 927 g/mol. The fraction of sp³-hybridized carbons (Fsp3) is 0.942. The van der Waals surface area contributed by atoms with Crippen LogP contribution in [-0.4, -0.2) is 193 Å². The van der Waals surface area contributed by atoms with E-state index < -0.39 is 124 Å². The zero-order valence-corrected chi connectivity index (χ0v) is 43.0. The van der Waals surface area contributed by atoms with Crippen molar-refractivity contribution in [2.45, 2.75) is 285 Å². The summed E-state index contributed by atoms with van der Waals surface area (Å²) in [6.45, 7) is 1.67. The molecule has 1 amide bonds. The molecule has 3 aliphatic heterocycles. The first-order valence-electron chi connectivity index (χ1n) is 27.4. The Hall–Kier alpha value is -1.47. The number of unbranched alkanes of at least 4 members (excludes halogenated alkanes) is 23. The largest absolute Gasteiger partial charge is 0.394 e. The first kappa shape index (κ1) is 63.8. The van der Waals surface area contributed by atoms with Crippen LogP contribution >= 0.6 is 0 Å². The zero-order chi connectivity index (χ0) is 52.0. The van der Waals surface area contributed by atoms with Crippen LogP contribution in [0.2, 0.25) is 0 Å². The number of nitrogens with one attached hydrogen (secondary N) is 1. The summed E-state index contributed by atoms with van der Waals surface area (Å²) in [5.41, 5.74) is 0. The minimum Gasteiger partial charge on any atom is -0.394 e. The Morgan fingerprint density at radius 1 is 0.493 bits per heavy atom. The number of ether oxygens (including phenoxy) is 6. The molecule has 0 aliphatic carbocycles. The summed E-state index contributed by atoms with van der Waals surface area (Å²) in [7, 11) is 0. The van der Waals surface area contributed by atoms with E-state index in [1.165, 1.54) is 109 Å². The van der Waals surface area contributed by atoms with Gasteiger partial charge < -0.3 is 89.9 Å². The molecule has 71 heavy (non-hydrogen) atoms. The molecule has 3 saturated heterocycles. The Balaban J connectivity index is 1.52. The molecule has 3 aliphatic rings. The highest BCUT2D eigenvalue weighted by atomic mass is 16.8. The van der Waals surface area contributed by atoms with Crippen LogP contribution in [0.4, 0.5) is 0 Å². The fourth-order valence-corrected chi connectivity index (χ4v) is 9.48. The number of aliphatic hydroxyl groups excluding tert-OH is 11. The minimum absolute atomic E-state index is 0.246. The molecule has 19 nitrogen and oxygen atoms in total. The van der Waals surface area contributed by atoms with Crippen molar-refractivity contribution in [1.82, 2.24) is 5.32 Å². The van der Waals surface area contributed by atoms with Crippen LogP contribution in [0.5, 0.6) is 0 Å². The van der Waals surface area contributed by atoms with Crippen molar-refractivity contribution in [3.63, 3.8) is 0 Å². The number of carbonyl (C=O) groups excluding carboxylic acids is 1. The maximum absolute atomic E-state index is 13.2. The van der Waals surface area contributed by atoms with Gasteiger partial charge in [-0.15, -0.1) is 0 Å². The molecule has 17 unspecified atom stereocenters. The highest BCUT2D eigenvalue weighted by Crippen LogP contribution is 2.33. The topological polar surface area (TPSA) is 307 Å². The molecule has 19 heteroatoms. The summed E-state index contributed by atoms with van der Waals surface area (Å²) in [5, 5.41) is 120. The molecule has 3 fully saturated rings. The molecule has 0 aromatic carbocycles. The first-order chi connectivity index (χ1) is 34.3. The SMILES string of the molecule is CCCCCCCCCCCCCCCCCC/C=C/C(O)C(COC1OC(CO)C(OC2OC(CO)C(OC3OC(CO)C(O)C(O)C3O)C(O)C2O)C(O)C1O)NC(=O)CCCCCCCCCC. The number of aliphatic hydroxyl groups is 11. The molecule has 418 valence electrons. The van der Waals surface area contributed by atoms with Crippen LogP contribution in [0, 0.1) is 0 Å². The molecule has 0 aromatic rings. The van der Waals surface area contributed by atoms with Gasteiger partial charge in [-0.3, -0.25) is 4.79 Å². The molecule has 0 saturated carbocycles. The van der Waals surface area contributed by atoms with Crippen LogP contribution in [0.3, 0.4) is 0 Å². The van der Waals surface area contributed by atoms with Crippen molar-refractivity contribution in [2.24, 2.45) is 0 Å². The lowest BCUT2D eigenvalue weighted by molar-refractivity contribution is -0.379. The Labute approximate surface area is 423 Å². The van der Waals surface area contributed by atoms with Gasteiger partial charge in [0.25, 0.3) is 0 Å². The Morgan fingerprint density at radius 3 is 1.32 bits per heavy atom. The Morgan fingerprint density at radius 2 is 0.873 bits per heavy atom. The number of carbonyl (C=O) groups is 1. The maximum Gasteiger partial charge on any atom is 0.220 e. The van der Waals surface area contributed by atoms with E-state index in [9.17, 15) is 61.0 Å². The normalized spacial score (nSPS) is 32.3.